The normalized spacial score (nSPS) is 16.0. The van der Waals surface area contributed by atoms with Gasteiger partial charge in [-0.2, -0.15) is 0 Å². The Morgan fingerprint density at radius 1 is 0.864 bits per heavy atom. The summed E-state index contributed by atoms with van der Waals surface area (Å²) in [5.41, 5.74) is 0. The zero-order chi connectivity index (χ0) is 16.6. The molecule has 0 spiro atoms. The summed E-state index contributed by atoms with van der Waals surface area (Å²) in [5.74, 6) is 1.36. The number of ether oxygens (including phenoxy) is 1. The zero-order valence-corrected chi connectivity index (χ0v) is 15.5. The van der Waals surface area contributed by atoms with Gasteiger partial charge in [0, 0.05) is 0 Å². The molecule has 0 rings (SSSR count). The van der Waals surface area contributed by atoms with Crippen LogP contribution in [0.15, 0.2) is 12.2 Å². The molecule has 0 aromatic heterocycles. The molecule has 2 heteroatoms. The van der Waals surface area contributed by atoms with E-state index in [9.17, 15) is 0 Å². The van der Waals surface area contributed by atoms with Crippen molar-refractivity contribution in [2.45, 2.75) is 98.2 Å². The van der Waals surface area contributed by atoms with Crippen LogP contribution in [0, 0.1) is 11.8 Å². The van der Waals surface area contributed by atoms with Crippen LogP contribution in [0.1, 0.15) is 91.9 Å². The van der Waals surface area contributed by atoms with Gasteiger partial charge < -0.3 is 9.84 Å². The quantitative estimate of drug-likeness (QED) is 0.225. The maximum atomic E-state index is 9.06. The van der Waals surface area contributed by atoms with Gasteiger partial charge >= 0.3 is 0 Å². The molecule has 0 heterocycles. The summed E-state index contributed by atoms with van der Waals surface area (Å²) >= 11 is 0. The number of allylic oxidation sites excluding steroid dienone is 2. The molecule has 132 valence electrons. The van der Waals surface area contributed by atoms with Crippen LogP contribution >= 0.6 is 0 Å². The Bertz CT molecular complexity index is 248. The molecule has 0 saturated carbocycles. The number of aliphatic hydroxyl groups excluding tert-OH is 1. The molecule has 0 aliphatic rings. The summed E-state index contributed by atoms with van der Waals surface area (Å²) in [5, 5.41) is 9.06. The number of rotatable bonds is 15. The second-order valence-corrected chi connectivity index (χ2v) is 6.98. The summed E-state index contributed by atoms with van der Waals surface area (Å²) in [6.45, 7) is 9.13. The van der Waals surface area contributed by atoms with Gasteiger partial charge in [0.05, 0.1) is 6.61 Å². The molecule has 0 aliphatic heterocycles. The Kier molecular flexibility index (Phi) is 15.3. The lowest BCUT2D eigenvalue weighted by molar-refractivity contribution is -0.0944. The fourth-order valence-electron chi connectivity index (χ4n) is 2.64. The van der Waals surface area contributed by atoms with Crippen molar-refractivity contribution >= 4 is 0 Å². The average Bonchev–Trinajstić information content (AvgIpc) is 2.48. The topological polar surface area (TPSA) is 29.5 Å². The van der Waals surface area contributed by atoms with Gasteiger partial charge in [0.1, 0.15) is 0 Å². The first-order chi connectivity index (χ1) is 10.6. The van der Waals surface area contributed by atoms with Gasteiger partial charge in [-0.15, -0.1) is 0 Å². The third-order valence-corrected chi connectivity index (χ3v) is 4.20. The van der Waals surface area contributed by atoms with E-state index in [0.29, 0.717) is 12.5 Å². The van der Waals surface area contributed by atoms with E-state index in [2.05, 4.69) is 32.9 Å². The summed E-state index contributed by atoms with van der Waals surface area (Å²) in [6.07, 6.45) is 17.2. The smallest absolute Gasteiger partial charge is 0.151 e. The van der Waals surface area contributed by atoms with Crippen LogP contribution in [-0.2, 0) is 4.74 Å². The van der Waals surface area contributed by atoms with Crippen molar-refractivity contribution in [3.8, 4) is 0 Å². The first kappa shape index (κ1) is 21.7. The zero-order valence-electron chi connectivity index (χ0n) is 15.5. The molecule has 0 aromatic carbocycles. The van der Waals surface area contributed by atoms with Crippen LogP contribution in [-0.4, -0.2) is 18.0 Å². The van der Waals surface area contributed by atoms with Crippen molar-refractivity contribution < 1.29 is 9.84 Å². The van der Waals surface area contributed by atoms with Gasteiger partial charge in [-0.3, -0.25) is 0 Å². The maximum Gasteiger partial charge on any atom is 0.151 e. The van der Waals surface area contributed by atoms with Gasteiger partial charge in [0.15, 0.2) is 6.29 Å². The van der Waals surface area contributed by atoms with E-state index in [-0.39, 0.29) is 0 Å². The molecule has 0 aromatic rings. The molecule has 0 radical (unpaired) electrons. The fraction of sp³-hybridized carbons (Fsp3) is 0.900. The lowest BCUT2D eigenvalue weighted by Crippen LogP contribution is -2.12. The molecule has 3 unspecified atom stereocenters. The van der Waals surface area contributed by atoms with E-state index in [4.69, 9.17) is 9.84 Å². The summed E-state index contributed by atoms with van der Waals surface area (Å²) < 4.78 is 5.20. The number of aliphatic hydroxyl groups is 1. The molecule has 0 aliphatic carbocycles. The van der Waals surface area contributed by atoms with Crippen molar-refractivity contribution in [2.24, 2.45) is 11.8 Å². The van der Waals surface area contributed by atoms with Crippen LogP contribution in [0.3, 0.4) is 0 Å². The van der Waals surface area contributed by atoms with E-state index < -0.39 is 6.29 Å². The highest BCUT2D eigenvalue weighted by atomic mass is 16.6. The van der Waals surface area contributed by atoms with Gasteiger partial charge in [0.25, 0.3) is 0 Å². The molecule has 1 N–H and O–H groups in total. The van der Waals surface area contributed by atoms with Crippen LogP contribution in [0.5, 0.6) is 0 Å². The SMILES string of the molecule is CCCCCCCC(C)CCC/C=C/CC(C)COC(C)O. The van der Waals surface area contributed by atoms with E-state index >= 15 is 0 Å². The van der Waals surface area contributed by atoms with Gasteiger partial charge in [-0.25, -0.2) is 0 Å². The number of unbranched alkanes of at least 4 members (excludes halogenated alkanes) is 5. The Hall–Kier alpha value is -0.340. The minimum atomic E-state index is -0.644. The van der Waals surface area contributed by atoms with Crippen molar-refractivity contribution in [3.05, 3.63) is 12.2 Å². The first-order valence-electron chi connectivity index (χ1n) is 9.50. The summed E-state index contributed by atoms with van der Waals surface area (Å²) in [6, 6.07) is 0. The first-order valence-corrected chi connectivity index (χ1v) is 9.50. The Morgan fingerprint density at radius 2 is 1.55 bits per heavy atom. The number of hydrogen-bond acceptors (Lipinski definition) is 2. The van der Waals surface area contributed by atoms with E-state index in [1.807, 2.05) is 0 Å². The maximum absolute atomic E-state index is 9.06. The van der Waals surface area contributed by atoms with Crippen LogP contribution in [0.4, 0.5) is 0 Å². The molecule has 0 bridgehead atoms. The Balaban J connectivity index is 3.41. The standard InChI is InChI=1S/C20H40O2/c1-5-6-7-8-11-14-18(2)15-12-9-10-13-16-19(3)17-22-20(4)21/h10,13,18-21H,5-9,11-12,14-17H2,1-4H3/b13-10+. The molecule has 0 fully saturated rings. The highest BCUT2D eigenvalue weighted by molar-refractivity contribution is 4.83. The van der Waals surface area contributed by atoms with Crippen molar-refractivity contribution in [1.29, 1.82) is 0 Å². The minimum Gasteiger partial charge on any atom is -0.368 e. The molecule has 0 saturated heterocycles. The van der Waals surface area contributed by atoms with Crippen molar-refractivity contribution in [3.63, 3.8) is 0 Å². The van der Waals surface area contributed by atoms with E-state index in [1.54, 1.807) is 6.92 Å². The molecule has 3 atom stereocenters. The molecular formula is C20H40O2. The lowest BCUT2D eigenvalue weighted by atomic mass is 9.96. The molecule has 0 amide bonds. The highest BCUT2D eigenvalue weighted by Gasteiger charge is 2.03. The van der Waals surface area contributed by atoms with Crippen LogP contribution < -0.4 is 0 Å². The predicted molar refractivity (Wildman–Crippen MR) is 96.9 cm³/mol. The third kappa shape index (κ3) is 16.0. The van der Waals surface area contributed by atoms with E-state index in [1.165, 1.54) is 57.8 Å². The van der Waals surface area contributed by atoms with Crippen molar-refractivity contribution in [1.82, 2.24) is 0 Å². The monoisotopic (exact) mass is 312 g/mol. The molecule has 2 nitrogen and oxygen atoms in total. The van der Waals surface area contributed by atoms with Crippen LogP contribution in [0.2, 0.25) is 0 Å². The Morgan fingerprint density at radius 3 is 2.23 bits per heavy atom. The molecular weight excluding hydrogens is 272 g/mol. The fourth-order valence-corrected chi connectivity index (χ4v) is 2.64. The lowest BCUT2D eigenvalue weighted by Gasteiger charge is -2.11. The second-order valence-electron chi connectivity index (χ2n) is 6.98. The highest BCUT2D eigenvalue weighted by Crippen LogP contribution is 2.17. The second kappa shape index (κ2) is 15.6. The van der Waals surface area contributed by atoms with Crippen LogP contribution in [0.25, 0.3) is 0 Å². The Labute approximate surface area is 139 Å². The van der Waals surface area contributed by atoms with E-state index in [0.717, 1.165) is 12.3 Å². The summed E-state index contributed by atoms with van der Waals surface area (Å²) in [4.78, 5) is 0. The summed E-state index contributed by atoms with van der Waals surface area (Å²) in [7, 11) is 0. The number of hydrogen-bond donors (Lipinski definition) is 1. The van der Waals surface area contributed by atoms with Gasteiger partial charge in [-0.1, -0.05) is 77.9 Å². The average molecular weight is 313 g/mol. The predicted octanol–water partition coefficient (Wildman–Crippen LogP) is 6.09. The largest absolute Gasteiger partial charge is 0.368 e. The minimum absolute atomic E-state index is 0.480. The molecule has 22 heavy (non-hydrogen) atoms. The van der Waals surface area contributed by atoms with Crippen molar-refractivity contribution in [2.75, 3.05) is 6.61 Å². The third-order valence-electron chi connectivity index (χ3n) is 4.20. The van der Waals surface area contributed by atoms with Gasteiger partial charge in [0.2, 0.25) is 0 Å². The van der Waals surface area contributed by atoms with Gasteiger partial charge in [-0.05, 0) is 38.0 Å².